The third-order valence-corrected chi connectivity index (χ3v) is 5.70. The van der Waals surface area contributed by atoms with Gasteiger partial charge in [0.25, 0.3) is 11.7 Å². The molecule has 0 spiro atoms. The van der Waals surface area contributed by atoms with Crippen LogP contribution in [0.1, 0.15) is 42.5 Å². The maximum Gasteiger partial charge on any atom is 0.295 e. The number of rotatable bonds is 8. The summed E-state index contributed by atoms with van der Waals surface area (Å²) in [6, 6.07) is 15.8. The van der Waals surface area contributed by atoms with E-state index in [1.54, 1.807) is 60.9 Å². The first kappa shape index (κ1) is 23.0. The van der Waals surface area contributed by atoms with Crippen molar-refractivity contribution >= 4 is 17.4 Å². The zero-order valence-electron chi connectivity index (χ0n) is 18.8. The maximum absolute atomic E-state index is 13.2. The lowest BCUT2D eigenvalue weighted by Gasteiger charge is -2.25. The van der Waals surface area contributed by atoms with Crippen LogP contribution in [0.25, 0.3) is 5.76 Å². The van der Waals surface area contributed by atoms with Crippen molar-refractivity contribution in [1.82, 2.24) is 9.88 Å². The van der Waals surface area contributed by atoms with Crippen molar-refractivity contribution < 1.29 is 24.5 Å². The van der Waals surface area contributed by atoms with Gasteiger partial charge in [-0.05, 0) is 53.9 Å². The Morgan fingerprint density at radius 3 is 2.56 bits per heavy atom. The van der Waals surface area contributed by atoms with Crippen LogP contribution in [-0.2, 0) is 16.1 Å². The Balaban J connectivity index is 1.79. The minimum Gasteiger partial charge on any atom is -0.508 e. The highest BCUT2D eigenvalue weighted by Crippen LogP contribution is 2.41. The molecule has 7 heteroatoms. The average Bonchev–Trinajstić information content (AvgIpc) is 3.09. The summed E-state index contributed by atoms with van der Waals surface area (Å²) >= 11 is 0. The maximum atomic E-state index is 13.2. The highest BCUT2D eigenvalue weighted by atomic mass is 16.5. The van der Waals surface area contributed by atoms with E-state index in [0.717, 1.165) is 18.4 Å². The van der Waals surface area contributed by atoms with E-state index in [1.165, 1.54) is 17.0 Å². The number of benzene rings is 2. The van der Waals surface area contributed by atoms with Gasteiger partial charge in [-0.25, -0.2) is 0 Å². The van der Waals surface area contributed by atoms with E-state index in [0.29, 0.717) is 23.5 Å². The Bertz CT molecular complexity index is 1220. The highest BCUT2D eigenvalue weighted by molar-refractivity contribution is 6.46. The number of ketones is 1. The molecule has 1 aliphatic heterocycles. The van der Waals surface area contributed by atoms with Gasteiger partial charge >= 0.3 is 0 Å². The molecule has 1 saturated heterocycles. The second kappa shape index (κ2) is 10.2. The van der Waals surface area contributed by atoms with Gasteiger partial charge in [0.15, 0.2) is 0 Å². The largest absolute Gasteiger partial charge is 0.508 e. The lowest BCUT2D eigenvalue weighted by Crippen LogP contribution is -2.29. The van der Waals surface area contributed by atoms with Gasteiger partial charge in [-0.1, -0.05) is 37.6 Å². The second-order valence-electron chi connectivity index (χ2n) is 8.11. The van der Waals surface area contributed by atoms with Gasteiger partial charge in [-0.15, -0.1) is 0 Å². The Morgan fingerprint density at radius 1 is 1.06 bits per heavy atom. The standard InChI is InChI=1S/C27H26N2O5/c1-2-3-14-34-22-9-5-7-20(16-22)25(31)23-24(19-6-4-8-21(30)15-19)29(27(33)26(23)32)17-18-10-12-28-13-11-18/h4-13,15-16,24,30-31H,2-3,14,17H2,1H3. The van der Waals surface area contributed by atoms with Gasteiger partial charge in [0.05, 0.1) is 18.2 Å². The van der Waals surface area contributed by atoms with E-state index < -0.39 is 17.7 Å². The summed E-state index contributed by atoms with van der Waals surface area (Å²) in [5.74, 6) is -1.22. The van der Waals surface area contributed by atoms with Crippen molar-refractivity contribution in [2.45, 2.75) is 32.4 Å². The summed E-state index contributed by atoms with van der Waals surface area (Å²) in [4.78, 5) is 31.7. The number of hydrogen-bond donors (Lipinski definition) is 2. The molecule has 0 radical (unpaired) electrons. The molecule has 34 heavy (non-hydrogen) atoms. The number of phenols is 1. The number of nitrogens with zero attached hydrogens (tertiary/aromatic N) is 2. The number of amides is 1. The van der Waals surface area contributed by atoms with Gasteiger partial charge in [-0.2, -0.15) is 0 Å². The van der Waals surface area contributed by atoms with Crippen molar-refractivity contribution in [1.29, 1.82) is 0 Å². The molecule has 1 amide bonds. The number of carbonyl (C=O) groups excluding carboxylic acids is 2. The number of aromatic hydroxyl groups is 1. The van der Waals surface area contributed by atoms with E-state index in [4.69, 9.17) is 4.74 Å². The topological polar surface area (TPSA) is 100.0 Å². The molecule has 2 heterocycles. The van der Waals surface area contributed by atoms with Crippen LogP contribution in [-0.4, -0.2) is 38.4 Å². The zero-order valence-corrected chi connectivity index (χ0v) is 18.8. The molecule has 2 aromatic carbocycles. The van der Waals surface area contributed by atoms with Gasteiger partial charge in [0.2, 0.25) is 0 Å². The van der Waals surface area contributed by atoms with Crippen LogP contribution in [0.2, 0.25) is 0 Å². The van der Waals surface area contributed by atoms with Crippen molar-refractivity contribution in [2.75, 3.05) is 6.61 Å². The molecule has 1 aliphatic rings. The number of aromatic nitrogens is 1. The Hall–Kier alpha value is -4.13. The zero-order chi connectivity index (χ0) is 24.1. The van der Waals surface area contributed by atoms with Gasteiger partial charge in [-0.3, -0.25) is 14.6 Å². The fourth-order valence-electron chi connectivity index (χ4n) is 3.99. The quantitative estimate of drug-likeness (QED) is 0.222. The number of phenolic OH excluding ortho intramolecular Hbond substituents is 1. The van der Waals surface area contributed by atoms with E-state index in [-0.39, 0.29) is 23.6 Å². The van der Waals surface area contributed by atoms with Crippen LogP contribution in [0.5, 0.6) is 11.5 Å². The van der Waals surface area contributed by atoms with Crippen LogP contribution >= 0.6 is 0 Å². The number of unbranched alkanes of at least 4 members (excludes halogenated alkanes) is 1. The number of hydrogen-bond acceptors (Lipinski definition) is 6. The predicted octanol–water partition coefficient (Wildman–Crippen LogP) is 4.59. The van der Waals surface area contributed by atoms with Gasteiger partial charge in [0, 0.05) is 24.5 Å². The number of ether oxygens (including phenoxy) is 1. The third kappa shape index (κ3) is 4.78. The number of Topliss-reactive ketones (excluding diaryl/α,β-unsaturated/α-hetero) is 1. The van der Waals surface area contributed by atoms with Crippen LogP contribution in [0.15, 0.2) is 78.6 Å². The minimum atomic E-state index is -0.870. The minimum absolute atomic E-state index is 0.00156. The van der Waals surface area contributed by atoms with Crippen LogP contribution in [0, 0.1) is 0 Å². The molecule has 0 saturated carbocycles. The number of aliphatic hydroxyl groups excluding tert-OH is 1. The van der Waals surface area contributed by atoms with Gasteiger partial charge in [0.1, 0.15) is 17.3 Å². The smallest absolute Gasteiger partial charge is 0.295 e. The number of pyridine rings is 1. The first-order valence-corrected chi connectivity index (χ1v) is 11.2. The average molecular weight is 459 g/mol. The van der Waals surface area contributed by atoms with E-state index >= 15 is 0 Å². The van der Waals surface area contributed by atoms with Crippen molar-refractivity contribution in [2.24, 2.45) is 0 Å². The summed E-state index contributed by atoms with van der Waals surface area (Å²) in [5.41, 5.74) is 1.65. The van der Waals surface area contributed by atoms with E-state index in [9.17, 15) is 19.8 Å². The highest BCUT2D eigenvalue weighted by Gasteiger charge is 2.46. The summed E-state index contributed by atoms with van der Waals surface area (Å²) in [6.07, 6.45) is 5.11. The van der Waals surface area contributed by atoms with Crippen molar-refractivity contribution in [3.63, 3.8) is 0 Å². The SMILES string of the molecule is CCCCOc1cccc(C(O)=C2C(=O)C(=O)N(Cc3ccncc3)C2c2cccc(O)c2)c1. The molecule has 1 aromatic heterocycles. The fourth-order valence-corrected chi connectivity index (χ4v) is 3.99. The Morgan fingerprint density at radius 2 is 1.82 bits per heavy atom. The summed E-state index contributed by atoms with van der Waals surface area (Å²) in [5, 5.41) is 21.3. The number of carbonyl (C=O) groups is 2. The Kier molecular flexibility index (Phi) is 6.92. The first-order valence-electron chi connectivity index (χ1n) is 11.2. The normalized spacial score (nSPS) is 17.2. The van der Waals surface area contributed by atoms with E-state index in [2.05, 4.69) is 11.9 Å². The second-order valence-corrected chi connectivity index (χ2v) is 8.11. The van der Waals surface area contributed by atoms with E-state index in [1.807, 2.05) is 0 Å². The molecule has 2 N–H and O–H groups in total. The summed E-state index contributed by atoms with van der Waals surface area (Å²) in [7, 11) is 0. The molecule has 4 rings (SSSR count). The third-order valence-electron chi connectivity index (χ3n) is 5.70. The van der Waals surface area contributed by atoms with Crippen LogP contribution in [0.4, 0.5) is 0 Å². The molecular formula is C27H26N2O5. The van der Waals surface area contributed by atoms with Crippen LogP contribution in [0.3, 0.4) is 0 Å². The molecule has 1 atom stereocenters. The van der Waals surface area contributed by atoms with Crippen molar-refractivity contribution in [3.8, 4) is 11.5 Å². The molecule has 1 fully saturated rings. The predicted molar refractivity (Wildman–Crippen MR) is 127 cm³/mol. The molecule has 0 aliphatic carbocycles. The van der Waals surface area contributed by atoms with Crippen LogP contribution < -0.4 is 4.74 Å². The van der Waals surface area contributed by atoms with Crippen molar-refractivity contribution in [3.05, 3.63) is 95.3 Å². The number of likely N-dealkylation sites (tertiary alicyclic amines) is 1. The molecule has 0 bridgehead atoms. The Labute approximate surface area is 198 Å². The lowest BCUT2D eigenvalue weighted by atomic mass is 9.95. The van der Waals surface area contributed by atoms with Gasteiger partial charge < -0.3 is 19.8 Å². The molecule has 1 unspecified atom stereocenters. The lowest BCUT2D eigenvalue weighted by molar-refractivity contribution is -0.140. The summed E-state index contributed by atoms with van der Waals surface area (Å²) < 4.78 is 5.74. The molecule has 3 aromatic rings. The monoisotopic (exact) mass is 458 g/mol. The molecular weight excluding hydrogens is 432 g/mol. The summed E-state index contributed by atoms with van der Waals surface area (Å²) in [6.45, 7) is 2.75. The number of aliphatic hydroxyl groups is 1. The molecule has 174 valence electrons. The first-order chi connectivity index (χ1) is 16.5. The molecule has 7 nitrogen and oxygen atoms in total. The fraction of sp³-hybridized carbons (Fsp3) is 0.222.